The first-order valence-electron chi connectivity index (χ1n) is 4.43. The fourth-order valence-electron chi connectivity index (χ4n) is 1.26. The van der Waals surface area contributed by atoms with Gasteiger partial charge in [-0.05, 0) is 23.8 Å². The van der Waals surface area contributed by atoms with Gasteiger partial charge in [-0.2, -0.15) is 0 Å². The summed E-state index contributed by atoms with van der Waals surface area (Å²) in [6.07, 6.45) is 3.50. The standard InChI is InChI=1S/C11H8Br2N2/c12-7-9-6-8(2-3-10(9)13)11-14-4-1-5-15-11/h1-6H,7H2. The number of alkyl halides is 1. The second-order valence-electron chi connectivity index (χ2n) is 3.01. The van der Waals surface area contributed by atoms with E-state index in [1.165, 1.54) is 5.56 Å². The van der Waals surface area contributed by atoms with Crippen molar-refractivity contribution in [2.45, 2.75) is 5.33 Å². The van der Waals surface area contributed by atoms with Crippen molar-refractivity contribution in [1.29, 1.82) is 0 Å². The molecule has 0 aliphatic heterocycles. The number of benzene rings is 1. The average molecular weight is 328 g/mol. The first-order valence-corrected chi connectivity index (χ1v) is 6.34. The van der Waals surface area contributed by atoms with Crippen molar-refractivity contribution in [3.8, 4) is 11.4 Å². The van der Waals surface area contributed by atoms with Crippen LogP contribution >= 0.6 is 31.9 Å². The fraction of sp³-hybridized carbons (Fsp3) is 0.0909. The molecule has 15 heavy (non-hydrogen) atoms. The maximum Gasteiger partial charge on any atom is 0.159 e. The minimum Gasteiger partial charge on any atom is -0.237 e. The van der Waals surface area contributed by atoms with Crippen LogP contribution in [0.2, 0.25) is 0 Å². The average Bonchev–Trinajstić information content (AvgIpc) is 2.31. The topological polar surface area (TPSA) is 25.8 Å². The van der Waals surface area contributed by atoms with E-state index in [1.54, 1.807) is 12.4 Å². The Morgan fingerprint density at radius 3 is 2.53 bits per heavy atom. The van der Waals surface area contributed by atoms with Crippen LogP contribution in [0, 0.1) is 0 Å². The second kappa shape index (κ2) is 4.86. The van der Waals surface area contributed by atoms with Crippen LogP contribution < -0.4 is 0 Å². The summed E-state index contributed by atoms with van der Waals surface area (Å²) >= 11 is 6.94. The summed E-state index contributed by atoms with van der Waals surface area (Å²) in [5.74, 6) is 0.757. The van der Waals surface area contributed by atoms with Gasteiger partial charge in [-0.25, -0.2) is 9.97 Å². The van der Waals surface area contributed by atoms with E-state index in [0.29, 0.717) is 0 Å². The lowest BCUT2D eigenvalue weighted by molar-refractivity contribution is 1.17. The van der Waals surface area contributed by atoms with Crippen LogP contribution in [-0.4, -0.2) is 9.97 Å². The van der Waals surface area contributed by atoms with Crippen LogP contribution in [0.1, 0.15) is 5.56 Å². The Morgan fingerprint density at radius 1 is 1.13 bits per heavy atom. The van der Waals surface area contributed by atoms with Gasteiger partial charge in [0, 0.05) is 27.8 Å². The second-order valence-corrected chi connectivity index (χ2v) is 4.43. The van der Waals surface area contributed by atoms with E-state index < -0.39 is 0 Å². The zero-order valence-corrected chi connectivity index (χ0v) is 11.0. The predicted molar refractivity (Wildman–Crippen MR) is 67.8 cm³/mol. The highest BCUT2D eigenvalue weighted by Crippen LogP contribution is 2.24. The van der Waals surface area contributed by atoms with Crippen LogP contribution in [-0.2, 0) is 5.33 Å². The Balaban J connectivity index is 2.46. The highest BCUT2D eigenvalue weighted by atomic mass is 79.9. The molecule has 2 nitrogen and oxygen atoms in total. The first-order chi connectivity index (χ1) is 7.31. The quantitative estimate of drug-likeness (QED) is 0.784. The molecule has 1 heterocycles. The van der Waals surface area contributed by atoms with E-state index in [4.69, 9.17) is 0 Å². The maximum absolute atomic E-state index is 4.21. The largest absolute Gasteiger partial charge is 0.237 e. The third kappa shape index (κ3) is 2.44. The van der Waals surface area contributed by atoms with Gasteiger partial charge < -0.3 is 0 Å². The van der Waals surface area contributed by atoms with Gasteiger partial charge in [0.1, 0.15) is 0 Å². The molecule has 0 saturated carbocycles. The number of rotatable bonds is 2. The summed E-state index contributed by atoms with van der Waals surface area (Å²) in [6, 6.07) is 7.91. The molecule has 4 heteroatoms. The molecule has 2 rings (SSSR count). The molecule has 0 saturated heterocycles. The van der Waals surface area contributed by atoms with E-state index in [0.717, 1.165) is 21.2 Å². The van der Waals surface area contributed by atoms with Crippen molar-refractivity contribution in [3.63, 3.8) is 0 Å². The Kier molecular flexibility index (Phi) is 3.49. The molecule has 1 aromatic heterocycles. The zero-order chi connectivity index (χ0) is 10.7. The lowest BCUT2D eigenvalue weighted by Gasteiger charge is -2.03. The lowest BCUT2D eigenvalue weighted by Crippen LogP contribution is -1.88. The van der Waals surface area contributed by atoms with Crippen LogP contribution in [0.25, 0.3) is 11.4 Å². The van der Waals surface area contributed by atoms with Gasteiger partial charge in [0.15, 0.2) is 5.82 Å². The van der Waals surface area contributed by atoms with E-state index in [-0.39, 0.29) is 0 Å². The van der Waals surface area contributed by atoms with E-state index in [1.807, 2.05) is 18.2 Å². The summed E-state index contributed by atoms with van der Waals surface area (Å²) in [6.45, 7) is 0. The highest BCUT2D eigenvalue weighted by Gasteiger charge is 2.03. The summed E-state index contributed by atoms with van der Waals surface area (Å²) in [5, 5.41) is 0.814. The number of nitrogens with zero attached hydrogens (tertiary/aromatic N) is 2. The first kappa shape index (κ1) is 10.8. The minimum atomic E-state index is 0.757. The Labute approximate surface area is 105 Å². The molecule has 0 bridgehead atoms. The molecule has 0 fully saturated rings. The van der Waals surface area contributed by atoms with Gasteiger partial charge >= 0.3 is 0 Å². The summed E-state index contributed by atoms with van der Waals surface area (Å²) in [4.78, 5) is 8.42. The molecular formula is C11H8Br2N2. The molecule has 0 unspecified atom stereocenters. The van der Waals surface area contributed by atoms with Crippen molar-refractivity contribution in [2.75, 3.05) is 0 Å². The highest BCUT2D eigenvalue weighted by molar-refractivity contribution is 9.10. The Bertz CT molecular complexity index is 457. The van der Waals surface area contributed by atoms with Gasteiger partial charge in [0.25, 0.3) is 0 Å². The van der Waals surface area contributed by atoms with Crippen LogP contribution in [0.5, 0.6) is 0 Å². The van der Waals surface area contributed by atoms with Gasteiger partial charge in [0.2, 0.25) is 0 Å². The molecule has 76 valence electrons. The van der Waals surface area contributed by atoms with E-state index in [2.05, 4.69) is 47.9 Å². The minimum absolute atomic E-state index is 0.757. The van der Waals surface area contributed by atoms with Crippen molar-refractivity contribution in [1.82, 2.24) is 9.97 Å². The monoisotopic (exact) mass is 326 g/mol. The maximum atomic E-state index is 4.21. The van der Waals surface area contributed by atoms with Crippen molar-refractivity contribution in [2.24, 2.45) is 0 Å². The van der Waals surface area contributed by atoms with Crippen molar-refractivity contribution in [3.05, 3.63) is 46.7 Å². The molecule has 0 aliphatic rings. The Morgan fingerprint density at radius 2 is 1.87 bits per heavy atom. The summed E-state index contributed by atoms with van der Waals surface area (Å²) in [5.41, 5.74) is 2.23. The number of aromatic nitrogens is 2. The lowest BCUT2D eigenvalue weighted by atomic mass is 10.1. The molecule has 0 atom stereocenters. The molecular weight excluding hydrogens is 320 g/mol. The molecule has 1 aromatic carbocycles. The zero-order valence-electron chi connectivity index (χ0n) is 7.82. The van der Waals surface area contributed by atoms with Gasteiger partial charge in [-0.1, -0.05) is 37.9 Å². The van der Waals surface area contributed by atoms with E-state index >= 15 is 0 Å². The molecule has 0 aliphatic carbocycles. The number of hydrogen-bond donors (Lipinski definition) is 0. The molecule has 0 radical (unpaired) electrons. The smallest absolute Gasteiger partial charge is 0.159 e. The SMILES string of the molecule is BrCc1cc(-c2ncccn2)ccc1Br. The predicted octanol–water partition coefficient (Wildman–Crippen LogP) is 3.80. The van der Waals surface area contributed by atoms with Gasteiger partial charge in [-0.15, -0.1) is 0 Å². The number of hydrogen-bond acceptors (Lipinski definition) is 2. The van der Waals surface area contributed by atoms with Crippen LogP contribution in [0.3, 0.4) is 0 Å². The third-order valence-corrected chi connectivity index (χ3v) is 3.39. The van der Waals surface area contributed by atoms with Gasteiger partial charge in [0.05, 0.1) is 0 Å². The van der Waals surface area contributed by atoms with E-state index in [9.17, 15) is 0 Å². The Hall–Kier alpha value is -0.740. The van der Waals surface area contributed by atoms with Crippen LogP contribution in [0.4, 0.5) is 0 Å². The molecule has 2 aromatic rings. The van der Waals surface area contributed by atoms with Gasteiger partial charge in [-0.3, -0.25) is 0 Å². The third-order valence-electron chi connectivity index (χ3n) is 2.01. The molecule has 0 amide bonds. The molecule has 0 N–H and O–H groups in total. The van der Waals surface area contributed by atoms with Crippen LogP contribution in [0.15, 0.2) is 41.1 Å². The summed E-state index contributed by atoms with van der Waals surface area (Å²) in [7, 11) is 0. The van der Waals surface area contributed by atoms with Crippen molar-refractivity contribution >= 4 is 31.9 Å². The number of halogens is 2. The molecule has 0 spiro atoms. The van der Waals surface area contributed by atoms with Crippen molar-refractivity contribution < 1.29 is 0 Å². The normalized spacial score (nSPS) is 10.3. The summed E-state index contributed by atoms with van der Waals surface area (Å²) < 4.78 is 1.10. The fourth-order valence-corrected chi connectivity index (χ4v) is 2.49.